The maximum Gasteiger partial charge on any atom is 0.335 e. The van der Waals surface area contributed by atoms with E-state index in [-0.39, 0.29) is 11.0 Å². The van der Waals surface area contributed by atoms with Gasteiger partial charge in [0.05, 0.1) is 10.0 Å². The van der Waals surface area contributed by atoms with Crippen LogP contribution in [0, 0.1) is 0 Å². The highest BCUT2D eigenvalue weighted by Gasteiger charge is 2.14. The minimum atomic E-state index is -0.961. The molecule has 0 saturated heterocycles. The average molecular weight is 349 g/mol. The molecule has 2 aromatic rings. The molecule has 0 aliphatic carbocycles. The molecule has 0 saturated carbocycles. The van der Waals surface area contributed by atoms with Crippen LogP contribution in [0.25, 0.3) is 0 Å². The Bertz CT molecular complexity index is 672. The topological polar surface area (TPSA) is 46.5 Å². The number of hydrogen-bond donors (Lipinski definition) is 1. The standard InChI is InChI=1S/C17H17BrO3/c1-17(2,3)12-5-4-6-13(10-12)21-15-8-7-11(16(19)20)9-14(15)18/h4-10H,1-3H3,(H,19,20). The summed E-state index contributed by atoms with van der Waals surface area (Å²) in [6, 6.07) is 12.6. The number of hydrogen-bond acceptors (Lipinski definition) is 2. The number of benzene rings is 2. The van der Waals surface area contributed by atoms with Gasteiger partial charge in [-0.05, 0) is 57.2 Å². The Labute approximate surface area is 132 Å². The van der Waals surface area contributed by atoms with Gasteiger partial charge in [-0.1, -0.05) is 32.9 Å². The Morgan fingerprint density at radius 3 is 2.43 bits per heavy atom. The normalized spacial score (nSPS) is 11.2. The summed E-state index contributed by atoms with van der Waals surface area (Å²) in [5.74, 6) is 0.356. The molecule has 110 valence electrons. The quantitative estimate of drug-likeness (QED) is 0.825. The average Bonchev–Trinajstić information content (AvgIpc) is 2.40. The molecule has 1 N–H and O–H groups in total. The first-order valence-corrected chi connectivity index (χ1v) is 7.38. The second kappa shape index (κ2) is 5.90. The molecule has 2 rings (SSSR count). The van der Waals surface area contributed by atoms with Crippen LogP contribution < -0.4 is 4.74 Å². The van der Waals surface area contributed by atoms with Gasteiger partial charge in [0.25, 0.3) is 0 Å². The van der Waals surface area contributed by atoms with E-state index in [2.05, 4.69) is 42.8 Å². The molecule has 0 unspecified atom stereocenters. The Balaban J connectivity index is 2.28. The lowest BCUT2D eigenvalue weighted by Gasteiger charge is -2.20. The van der Waals surface area contributed by atoms with Crippen LogP contribution in [0.1, 0.15) is 36.7 Å². The summed E-state index contributed by atoms with van der Waals surface area (Å²) in [7, 11) is 0. The van der Waals surface area contributed by atoms with E-state index in [1.54, 1.807) is 6.07 Å². The van der Waals surface area contributed by atoms with Crippen LogP contribution in [-0.2, 0) is 5.41 Å². The SMILES string of the molecule is CC(C)(C)c1cccc(Oc2ccc(C(=O)O)cc2Br)c1. The van der Waals surface area contributed by atoms with Gasteiger partial charge in [-0.2, -0.15) is 0 Å². The lowest BCUT2D eigenvalue weighted by Crippen LogP contribution is -2.10. The lowest BCUT2D eigenvalue weighted by atomic mass is 9.87. The van der Waals surface area contributed by atoms with Gasteiger partial charge in [-0.3, -0.25) is 0 Å². The summed E-state index contributed by atoms with van der Waals surface area (Å²) in [6.07, 6.45) is 0. The molecule has 2 aromatic carbocycles. The number of carbonyl (C=O) groups is 1. The van der Waals surface area contributed by atoms with Crippen LogP contribution in [0.15, 0.2) is 46.9 Å². The number of carboxylic acids is 1. The highest BCUT2D eigenvalue weighted by atomic mass is 79.9. The second-order valence-electron chi connectivity index (χ2n) is 5.83. The smallest absolute Gasteiger partial charge is 0.335 e. The van der Waals surface area contributed by atoms with Crippen molar-refractivity contribution in [2.75, 3.05) is 0 Å². The van der Waals surface area contributed by atoms with E-state index in [9.17, 15) is 4.79 Å². The first-order valence-electron chi connectivity index (χ1n) is 6.58. The summed E-state index contributed by atoms with van der Waals surface area (Å²) in [4.78, 5) is 10.9. The van der Waals surface area contributed by atoms with Gasteiger partial charge < -0.3 is 9.84 Å². The molecule has 0 aliphatic heterocycles. The number of ether oxygens (including phenoxy) is 1. The molecule has 0 heterocycles. The Morgan fingerprint density at radius 2 is 1.86 bits per heavy atom. The fourth-order valence-corrected chi connectivity index (χ4v) is 2.33. The zero-order chi connectivity index (χ0) is 15.6. The predicted octanol–water partition coefficient (Wildman–Crippen LogP) is 5.24. The minimum Gasteiger partial charge on any atom is -0.478 e. The fraction of sp³-hybridized carbons (Fsp3) is 0.235. The maximum absolute atomic E-state index is 10.9. The minimum absolute atomic E-state index is 0.0454. The summed E-state index contributed by atoms with van der Waals surface area (Å²) in [6.45, 7) is 6.43. The summed E-state index contributed by atoms with van der Waals surface area (Å²) in [5.41, 5.74) is 1.44. The summed E-state index contributed by atoms with van der Waals surface area (Å²) >= 11 is 3.34. The third-order valence-electron chi connectivity index (χ3n) is 3.11. The van der Waals surface area contributed by atoms with Gasteiger partial charge in [0.15, 0.2) is 0 Å². The summed E-state index contributed by atoms with van der Waals surface area (Å²) < 4.78 is 6.45. The van der Waals surface area contributed by atoms with E-state index in [1.165, 1.54) is 17.7 Å². The molecule has 0 amide bonds. The lowest BCUT2D eigenvalue weighted by molar-refractivity contribution is 0.0697. The largest absolute Gasteiger partial charge is 0.478 e. The Hall–Kier alpha value is -1.81. The molecule has 0 spiro atoms. The number of rotatable bonds is 3. The Morgan fingerprint density at radius 1 is 1.14 bits per heavy atom. The number of carboxylic acid groups (broad SMARTS) is 1. The summed E-state index contributed by atoms with van der Waals surface area (Å²) in [5, 5.41) is 8.95. The van der Waals surface area contributed by atoms with Crippen LogP contribution in [-0.4, -0.2) is 11.1 Å². The molecule has 3 nitrogen and oxygen atoms in total. The molecule has 0 atom stereocenters. The molecule has 21 heavy (non-hydrogen) atoms. The van der Waals surface area contributed by atoms with Crippen molar-refractivity contribution in [3.63, 3.8) is 0 Å². The molecule has 0 aromatic heterocycles. The van der Waals surface area contributed by atoms with Crippen LogP contribution in [0.3, 0.4) is 0 Å². The van der Waals surface area contributed by atoms with Crippen molar-refractivity contribution in [3.8, 4) is 11.5 Å². The molecular formula is C17H17BrO3. The van der Waals surface area contributed by atoms with Crippen molar-refractivity contribution in [1.29, 1.82) is 0 Å². The number of halogens is 1. The van der Waals surface area contributed by atoms with E-state index >= 15 is 0 Å². The van der Waals surface area contributed by atoms with Crippen molar-refractivity contribution < 1.29 is 14.6 Å². The zero-order valence-corrected chi connectivity index (χ0v) is 13.8. The van der Waals surface area contributed by atoms with E-state index in [0.29, 0.717) is 10.2 Å². The molecule has 0 aliphatic rings. The highest BCUT2D eigenvalue weighted by molar-refractivity contribution is 9.10. The van der Waals surface area contributed by atoms with E-state index in [1.807, 2.05) is 18.2 Å². The first-order chi connectivity index (χ1) is 9.77. The fourth-order valence-electron chi connectivity index (χ4n) is 1.87. The molecule has 0 fully saturated rings. The number of aromatic carboxylic acids is 1. The van der Waals surface area contributed by atoms with Crippen LogP contribution >= 0.6 is 15.9 Å². The third kappa shape index (κ3) is 3.85. The van der Waals surface area contributed by atoms with Crippen molar-refractivity contribution in [3.05, 3.63) is 58.1 Å². The first kappa shape index (κ1) is 15.6. The van der Waals surface area contributed by atoms with Crippen molar-refractivity contribution in [2.45, 2.75) is 26.2 Å². The maximum atomic E-state index is 10.9. The van der Waals surface area contributed by atoms with E-state index < -0.39 is 5.97 Å². The van der Waals surface area contributed by atoms with E-state index in [4.69, 9.17) is 9.84 Å². The van der Waals surface area contributed by atoms with Gasteiger partial charge in [-0.25, -0.2) is 4.79 Å². The molecule has 4 heteroatoms. The van der Waals surface area contributed by atoms with Crippen LogP contribution in [0.4, 0.5) is 0 Å². The van der Waals surface area contributed by atoms with Crippen LogP contribution in [0.5, 0.6) is 11.5 Å². The van der Waals surface area contributed by atoms with E-state index in [0.717, 1.165) is 5.75 Å². The predicted molar refractivity (Wildman–Crippen MR) is 86.3 cm³/mol. The Kier molecular flexibility index (Phi) is 4.37. The molecule has 0 bridgehead atoms. The molecular weight excluding hydrogens is 332 g/mol. The van der Waals surface area contributed by atoms with Crippen molar-refractivity contribution in [1.82, 2.24) is 0 Å². The second-order valence-corrected chi connectivity index (χ2v) is 6.68. The van der Waals surface area contributed by atoms with Crippen LogP contribution in [0.2, 0.25) is 0 Å². The van der Waals surface area contributed by atoms with Gasteiger partial charge in [0.2, 0.25) is 0 Å². The van der Waals surface area contributed by atoms with Crippen molar-refractivity contribution in [2.24, 2.45) is 0 Å². The van der Waals surface area contributed by atoms with Gasteiger partial charge in [-0.15, -0.1) is 0 Å². The third-order valence-corrected chi connectivity index (χ3v) is 3.73. The van der Waals surface area contributed by atoms with Crippen molar-refractivity contribution >= 4 is 21.9 Å². The zero-order valence-electron chi connectivity index (χ0n) is 12.2. The van der Waals surface area contributed by atoms with Gasteiger partial charge in [0, 0.05) is 0 Å². The highest BCUT2D eigenvalue weighted by Crippen LogP contribution is 2.32. The monoisotopic (exact) mass is 348 g/mol. The van der Waals surface area contributed by atoms with Gasteiger partial charge in [0.1, 0.15) is 11.5 Å². The molecule has 0 radical (unpaired) electrons. The van der Waals surface area contributed by atoms with Gasteiger partial charge >= 0.3 is 5.97 Å².